The normalized spacial score (nSPS) is 10.6. The van der Waals surface area contributed by atoms with Gasteiger partial charge in [0.2, 0.25) is 0 Å². The van der Waals surface area contributed by atoms with Gasteiger partial charge in [-0.2, -0.15) is 0 Å². The van der Waals surface area contributed by atoms with Gasteiger partial charge in [-0.3, -0.25) is 0 Å². The quantitative estimate of drug-likeness (QED) is 0.565. The zero-order chi connectivity index (χ0) is 12.4. The van der Waals surface area contributed by atoms with Crippen LogP contribution in [0, 0.1) is 0 Å². The van der Waals surface area contributed by atoms with Crippen molar-refractivity contribution < 1.29 is 0 Å². The first-order valence-corrected chi connectivity index (χ1v) is 7.16. The molecule has 0 aliphatic carbocycles. The number of hydrogen-bond acceptors (Lipinski definition) is 0. The fourth-order valence-electron chi connectivity index (χ4n) is 1.59. The molecular weight excluding hydrogens is 342 g/mol. The average Bonchev–Trinajstić information content (AvgIpc) is 2.27. The van der Waals surface area contributed by atoms with Crippen molar-refractivity contribution in [1.82, 2.24) is 0 Å². The Kier molecular flexibility index (Phi) is 4.37. The van der Waals surface area contributed by atoms with Crippen molar-refractivity contribution in [2.75, 3.05) is 0 Å². The van der Waals surface area contributed by atoms with Crippen LogP contribution in [0.25, 0.3) is 11.1 Å². The Bertz CT molecular complexity index is 532. The highest BCUT2D eigenvalue weighted by Gasteiger charge is 2.06. The standard InChI is InChI=1S/C13H8BrCl3/c14-7-8-1-2-12(13(17)3-8)9-4-10(15)6-11(16)5-9/h1-6H,7H2. The minimum Gasteiger partial charge on any atom is -0.0876 e. The van der Waals surface area contributed by atoms with Crippen molar-refractivity contribution in [2.24, 2.45) is 0 Å². The summed E-state index contributed by atoms with van der Waals surface area (Å²) >= 11 is 21.6. The summed E-state index contributed by atoms with van der Waals surface area (Å²) in [6.45, 7) is 0. The van der Waals surface area contributed by atoms with Crippen LogP contribution in [0.3, 0.4) is 0 Å². The molecule has 0 spiro atoms. The van der Waals surface area contributed by atoms with Gasteiger partial charge in [-0.1, -0.05) is 62.9 Å². The van der Waals surface area contributed by atoms with Crippen LogP contribution in [0.4, 0.5) is 0 Å². The van der Waals surface area contributed by atoms with Crippen LogP contribution in [0.1, 0.15) is 5.56 Å². The van der Waals surface area contributed by atoms with E-state index < -0.39 is 0 Å². The summed E-state index contributed by atoms with van der Waals surface area (Å²) in [6.07, 6.45) is 0. The Labute approximate surface area is 124 Å². The molecule has 0 radical (unpaired) electrons. The van der Waals surface area contributed by atoms with E-state index in [1.807, 2.05) is 30.3 Å². The molecule has 88 valence electrons. The Morgan fingerprint density at radius 2 is 1.53 bits per heavy atom. The third-order valence-corrected chi connectivity index (χ3v) is 3.76. The monoisotopic (exact) mass is 348 g/mol. The van der Waals surface area contributed by atoms with E-state index in [1.165, 1.54) is 0 Å². The molecule has 0 aliphatic rings. The highest BCUT2D eigenvalue weighted by atomic mass is 79.9. The van der Waals surface area contributed by atoms with Gasteiger partial charge < -0.3 is 0 Å². The van der Waals surface area contributed by atoms with Gasteiger partial charge in [-0.05, 0) is 35.4 Å². The maximum atomic E-state index is 6.24. The van der Waals surface area contributed by atoms with E-state index in [2.05, 4.69) is 15.9 Å². The van der Waals surface area contributed by atoms with Crippen LogP contribution < -0.4 is 0 Å². The molecule has 0 heterocycles. The van der Waals surface area contributed by atoms with Crippen LogP contribution in [0.15, 0.2) is 36.4 Å². The molecule has 0 bridgehead atoms. The Morgan fingerprint density at radius 1 is 0.882 bits per heavy atom. The molecule has 0 amide bonds. The van der Waals surface area contributed by atoms with Crippen molar-refractivity contribution >= 4 is 50.7 Å². The number of alkyl halides is 1. The zero-order valence-corrected chi connectivity index (χ0v) is 12.5. The summed E-state index contributed by atoms with van der Waals surface area (Å²) in [6, 6.07) is 11.3. The lowest BCUT2D eigenvalue weighted by Crippen LogP contribution is -1.83. The molecule has 0 fully saturated rings. The van der Waals surface area contributed by atoms with Gasteiger partial charge in [-0.25, -0.2) is 0 Å². The highest BCUT2D eigenvalue weighted by Crippen LogP contribution is 2.32. The molecule has 4 heteroatoms. The third-order valence-electron chi connectivity index (χ3n) is 2.36. The summed E-state index contributed by atoms with van der Waals surface area (Å²) in [5, 5.41) is 2.69. The van der Waals surface area contributed by atoms with Gasteiger partial charge in [0.05, 0.1) is 0 Å². The smallest absolute Gasteiger partial charge is 0.0487 e. The van der Waals surface area contributed by atoms with Crippen molar-refractivity contribution in [3.05, 3.63) is 57.0 Å². The average molecular weight is 350 g/mol. The molecular formula is C13H8BrCl3. The van der Waals surface area contributed by atoms with E-state index in [-0.39, 0.29) is 0 Å². The topological polar surface area (TPSA) is 0 Å². The van der Waals surface area contributed by atoms with Crippen LogP contribution in [-0.4, -0.2) is 0 Å². The molecule has 0 unspecified atom stereocenters. The van der Waals surface area contributed by atoms with Crippen molar-refractivity contribution in [3.8, 4) is 11.1 Å². The molecule has 0 saturated heterocycles. The van der Waals surface area contributed by atoms with Gasteiger partial charge in [0.15, 0.2) is 0 Å². The van der Waals surface area contributed by atoms with Gasteiger partial charge in [-0.15, -0.1) is 0 Å². The van der Waals surface area contributed by atoms with E-state index in [0.29, 0.717) is 15.1 Å². The maximum Gasteiger partial charge on any atom is 0.0487 e. The van der Waals surface area contributed by atoms with Gasteiger partial charge in [0, 0.05) is 26.0 Å². The zero-order valence-electron chi connectivity index (χ0n) is 8.68. The van der Waals surface area contributed by atoms with Crippen LogP contribution in [-0.2, 0) is 5.33 Å². The van der Waals surface area contributed by atoms with Crippen LogP contribution in [0.2, 0.25) is 15.1 Å². The van der Waals surface area contributed by atoms with Gasteiger partial charge >= 0.3 is 0 Å². The van der Waals surface area contributed by atoms with Gasteiger partial charge in [0.25, 0.3) is 0 Å². The van der Waals surface area contributed by atoms with E-state index in [0.717, 1.165) is 22.0 Å². The lowest BCUT2D eigenvalue weighted by molar-refractivity contribution is 1.43. The summed E-state index contributed by atoms with van der Waals surface area (Å²) < 4.78 is 0. The fourth-order valence-corrected chi connectivity index (χ4v) is 2.77. The molecule has 0 aromatic heterocycles. The van der Waals surface area contributed by atoms with E-state index >= 15 is 0 Å². The van der Waals surface area contributed by atoms with E-state index in [4.69, 9.17) is 34.8 Å². The molecule has 2 aromatic rings. The first kappa shape index (κ1) is 13.2. The SMILES string of the molecule is Clc1cc(Cl)cc(-c2ccc(CBr)cc2Cl)c1. The molecule has 0 atom stereocenters. The van der Waals surface area contributed by atoms with Crippen molar-refractivity contribution in [2.45, 2.75) is 5.33 Å². The first-order chi connectivity index (χ1) is 8.10. The fraction of sp³-hybridized carbons (Fsp3) is 0.0769. The number of halogens is 4. The van der Waals surface area contributed by atoms with Gasteiger partial charge in [0.1, 0.15) is 0 Å². The summed E-state index contributed by atoms with van der Waals surface area (Å²) in [7, 11) is 0. The Morgan fingerprint density at radius 3 is 2.06 bits per heavy atom. The molecule has 17 heavy (non-hydrogen) atoms. The maximum absolute atomic E-state index is 6.24. The summed E-state index contributed by atoms with van der Waals surface area (Å²) in [5.74, 6) is 0. The van der Waals surface area contributed by atoms with Crippen molar-refractivity contribution in [3.63, 3.8) is 0 Å². The minimum absolute atomic E-state index is 0.605. The Hall–Kier alpha value is -0.210. The molecule has 2 rings (SSSR count). The lowest BCUT2D eigenvalue weighted by Gasteiger charge is -2.07. The second kappa shape index (κ2) is 5.62. The predicted molar refractivity (Wildman–Crippen MR) is 79.5 cm³/mol. The number of rotatable bonds is 2. The lowest BCUT2D eigenvalue weighted by atomic mass is 10.0. The predicted octanol–water partition coefficient (Wildman–Crippen LogP) is 6.21. The molecule has 2 aromatic carbocycles. The number of benzene rings is 2. The summed E-state index contributed by atoms with van der Waals surface area (Å²) in [4.78, 5) is 0. The molecule has 0 aliphatic heterocycles. The molecule has 0 N–H and O–H groups in total. The second-order valence-electron chi connectivity index (χ2n) is 3.61. The molecule has 0 nitrogen and oxygen atoms in total. The number of hydrogen-bond donors (Lipinski definition) is 0. The second-order valence-corrected chi connectivity index (χ2v) is 5.45. The minimum atomic E-state index is 0.605. The van der Waals surface area contributed by atoms with E-state index in [1.54, 1.807) is 6.07 Å². The largest absolute Gasteiger partial charge is 0.0876 e. The third kappa shape index (κ3) is 3.17. The first-order valence-electron chi connectivity index (χ1n) is 4.91. The van der Waals surface area contributed by atoms with Crippen molar-refractivity contribution in [1.29, 1.82) is 0 Å². The summed E-state index contributed by atoms with van der Waals surface area (Å²) in [5.41, 5.74) is 2.99. The molecule has 0 saturated carbocycles. The van der Waals surface area contributed by atoms with E-state index in [9.17, 15) is 0 Å². The highest BCUT2D eigenvalue weighted by molar-refractivity contribution is 9.08. The Balaban J connectivity index is 2.52. The van der Waals surface area contributed by atoms with Crippen LogP contribution in [0.5, 0.6) is 0 Å². The van der Waals surface area contributed by atoms with Crippen LogP contribution >= 0.6 is 50.7 Å².